The minimum Gasteiger partial charge on any atom is -0.507 e. The molecule has 0 radical (unpaired) electrons. The molecule has 1 atom stereocenters. The number of hydrogen-bond donors (Lipinski definition) is 1. The number of ether oxygens (including phenoxy) is 1. The van der Waals surface area contributed by atoms with E-state index in [1.165, 1.54) is 0 Å². The van der Waals surface area contributed by atoms with Gasteiger partial charge in [-0.1, -0.05) is 61.0 Å². The maximum atomic E-state index is 13.2. The summed E-state index contributed by atoms with van der Waals surface area (Å²) >= 11 is 3.45. The van der Waals surface area contributed by atoms with Crippen molar-refractivity contribution < 1.29 is 19.4 Å². The summed E-state index contributed by atoms with van der Waals surface area (Å²) in [5.41, 5.74) is 1.35. The van der Waals surface area contributed by atoms with Crippen LogP contribution in [0.2, 0.25) is 0 Å². The Morgan fingerprint density at radius 2 is 1.79 bits per heavy atom. The van der Waals surface area contributed by atoms with Crippen molar-refractivity contribution in [1.82, 2.24) is 9.80 Å². The zero-order chi connectivity index (χ0) is 24.7. The molecule has 1 fully saturated rings. The van der Waals surface area contributed by atoms with E-state index in [0.717, 1.165) is 42.5 Å². The Balaban J connectivity index is 2.01. The predicted molar refractivity (Wildman–Crippen MR) is 138 cm³/mol. The number of likely N-dealkylation sites (tertiary alicyclic amines) is 1. The van der Waals surface area contributed by atoms with Gasteiger partial charge >= 0.3 is 0 Å². The average molecular weight is 529 g/mol. The third-order valence-corrected chi connectivity index (χ3v) is 6.60. The van der Waals surface area contributed by atoms with Gasteiger partial charge in [0.05, 0.1) is 18.2 Å². The van der Waals surface area contributed by atoms with E-state index < -0.39 is 17.7 Å². The molecule has 2 aromatic carbocycles. The monoisotopic (exact) mass is 528 g/mol. The van der Waals surface area contributed by atoms with Gasteiger partial charge in [-0.2, -0.15) is 0 Å². The second-order valence-corrected chi connectivity index (χ2v) is 9.22. The standard InChI is InChI=1S/C27H33BrN2O4/c1-4-17-34-22-10-7-9-20(18-22)25(31)23-24(19-11-13-21(28)14-12-19)30(27(33)26(23)32)16-8-15-29(5-2)6-3/h7,9-14,18,24,31H,4-6,8,15-17H2,1-3H3. The Morgan fingerprint density at radius 1 is 1.09 bits per heavy atom. The van der Waals surface area contributed by atoms with E-state index in [-0.39, 0.29) is 11.3 Å². The molecule has 182 valence electrons. The number of aliphatic hydroxyl groups excluding tert-OH is 1. The molecule has 6 nitrogen and oxygen atoms in total. The van der Waals surface area contributed by atoms with Crippen molar-refractivity contribution in [1.29, 1.82) is 0 Å². The highest BCUT2D eigenvalue weighted by Gasteiger charge is 2.45. The van der Waals surface area contributed by atoms with Gasteiger partial charge in [-0.05, 0) is 62.3 Å². The summed E-state index contributed by atoms with van der Waals surface area (Å²) in [6, 6.07) is 13.9. The molecule has 7 heteroatoms. The van der Waals surface area contributed by atoms with Crippen LogP contribution >= 0.6 is 15.9 Å². The summed E-state index contributed by atoms with van der Waals surface area (Å²) in [5, 5.41) is 11.3. The van der Waals surface area contributed by atoms with Crippen LogP contribution in [-0.2, 0) is 9.59 Å². The van der Waals surface area contributed by atoms with Crippen molar-refractivity contribution in [2.45, 2.75) is 39.7 Å². The molecule has 0 aromatic heterocycles. The fourth-order valence-corrected chi connectivity index (χ4v) is 4.48. The zero-order valence-corrected chi connectivity index (χ0v) is 21.7. The highest BCUT2D eigenvalue weighted by Crippen LogP contribution is 2.40. The molecule has 1 N–H and O–H groups in total. The van der Waals surface area contributed by atoms with Gasteiger partial charge in [-0.25, -0.2) is 0 Å². The zero-order valence-electron chi connectivity index (χ0n) is 20.1. The fraction of sp³-hybridized carbons (Fsp3) is 0.407. The highest BCUT2D eigenvalue weighted by atomic mass is 79.9. The lowest BCUT2D eigenvalue weighted by Crippen LogP contribution is -2.33. The molecular formula is C27H33BrN2O4. The first-order chi connectivity index (χ1) is 16.4. The van der Waals surface area contributed by atoms with Crippen LogP contribution in [0.5, 0.6) is 5.75 Å². The van der Waals surface area contributed by atoms with Crippen molar-refractivity contribution in [2.75, 3.05) is 32.8 Å². The SMILES string of the molecule is CCCOc1cccc(C(O)=C2C(=O)C(=O)N(CCCN(CC)CC)C2c2ccc(Br)cc2)c1. The van der Waals surface area contributed by atoms with Crippen LogP contribution in [0.25, 0.3) is 5.76 Å². The number of aliphatic hydroxyl groups is 1. The Bertz CT molecular complexity index is 1030. The topological polar surface area (TPSA) is 70.1 Å². The molecular weight excluding hydrogens is 496 g/mol. The molecule has 1 saturated heterocycles. The number of hydrogen-bond acceptors (Lipinski definition) is 5. The third kappa shape index (κ3) is 5.88. The second kappa shape index (κ2) is 12.2. The first kappa shape index (κ1) is 26.0. The number of amides is 1. The highest BCUT2D eigenvalue weighted by molar-refractivity contribution is 9.10. The normalized spacial score (nSPS) is 17.6. The molecule has 2 aromatic rings. The van der Waals surface area contributed by atoms with Crippen LogP contribution in [0, 0.1) is 0 Å². The van der Waals surface area contributed by atoms with E-state index >= 15 is 0 Å². The molecule has 0 saturated carbocycles. The van der Waals surface area contributed by atoms with Crippen molar-refractivity contribution in [3.63, 3.8) is 0 Å². The molecule has 1 unspecified atom stereocenters. The predicted octanol–water partition coefficient (Wildman–Crippen LogP) is 5.39. The molecule has 0 aliphatic carbocycles. The van der Waals surface area contributed by atoms with E-state index in [2.05, 4.69) is 34.7 Å². The van der Waals surface area contributed by atoms with Gasteiger partial charge in [0.25, 0.3) is 11.7 Å². The smallest absolute Gasteiger partial charge is 0.295 e. The Labute approximate surface area is 210 Å². The van der Waals surface area contributed by atoms with Crippen molar-refractivity contribution >= 4 is 33.4 Å². The lowest BCUT2D eigenvalue weighted by atomic mass is 9.95. The summed E-state index contributed by atoms with van der Waals surface area (Å²) in [6.45, 7) is 9.91. The number of ketones is 1. The minimum atomic E-state index is -0.659. The van der Waals surface area contributed by atoms with E-state index in [1.54, 1.807) is 23.1 Å². The van der Waals surface area contributed by atoms with E-state index in [9.17, 15) is 14.7 Å². The largest absolute Gasteiger partial charge is 0.507 e. The van der Waals surface area contributed by atoms with Gasteiger partial charge in [-0.15, -0.1) is 0 Å². The van der Waals surface area contributed by atoms with Crippen molar-refractivity contribution in [3.05, 3.63) is 69.7 Å². The van der Waals surface area contributed by atoms with Gasteiger partial charge in [0.2, 0.25) is 0 Å². The molecule has 0 spiro atoms. The summed E-state index contributed by atoms with van der Waals surface area (Å²) in [4.78, 5) is 30.2. The van der Waals surface area contributed by atoms with Crippen LogP contribution in [0.4, 0.5) is 0 Å². The molecule has 3 rings (SSSR count). The summed E-state index contributed by atoms with van der Waals surface area (Å²) in [5.74, 6) is -0.806. The molecule has 1 aliphatic heterocycles. The Hall–Kier alpha value is -2.64. The van der Waals surface area contributed by atoms with Gasteiger partial charge in [0.1, 0.15) is 11.5 Å². The van der Waals surface area contributed by atoms with Crippen molar-refractivity contribution in [2.24, 2.45) is 0 Å². The number of rotatable bonds is 11. The number of nitrogens with zero attached hydrogens (tertiary/aromatic N) is 2. The quantitative estimate of drug-likeness (QED) is 0.240. The van der Waals surface area contributed by atoms with Crippen LogP contribution < -0.4 is 4.74 Å². The Morgan fingerprint density at radius 3 is 2.44 bits per heavy atom. The summed E-state index contributed by atoms with van der Waals surface area (Å²) in [6.07, 6.45) is 1.60. The van der Waals surface area contributed by atoms with Crippen molar-refractivity contribution in [3.8, 4) is 5.75 Å². The number of halogens is 1. The second-order valence-electron chi connectivity index (χ2n) is 8.30. The van der Waals surface area contributed by atoms with Crippen LogP contribution in [0.1, 0.15) is 50.8 Å². The number of Topliss-reactive ketones (excluding diaryl/α,β-unsaturated/α-hetero) is 1. The van der Waals surface area contributed by atoms with Crippen LogP contribution in [0.15, 0.2) is 58.6 Å². The Kier molecular flexibility index (Phi) is 9.30. The first-order valence-electron chi connectivity index (χ1n) is 11.9. The van der Waals surface area contributed by atoms with E-state index in [4.69, 9.17) is 4.74 Å². The van der Waals surface area contributed by atoms with Gasteiger partial charge in [0.15, 0.2) is 0 Å². The minimum absolute atomic E-state index is 0.114. The summed E-state index contributed by atoms with van der Waals surface area (Å²) < 4.78 is 6.59. The van der Waals surface area contributed by atoms with Crippen LogP contribution in [-0.4, -0.2) is 59.4 Å². The molecule has 1 aliphatic rings. The van der Waals surface area contributed by atoms with Gasteiger partial charge < -0.3 is 19.6 Å². The molecule has 0 bridgehead atoms. The fourth-order valence-electron chi connectivity index (χ4n) is 4.22. The third-order valence-electron chi connectivity index (χ3n) is 6.07. The lowest BCUT2D eigenvalue weighted by Gasteiger charge is -2.27. The van der Waals surface area contributed by atoms with Gasteiger partial charge in [-0.3, -0.25) is 9.59 Å². The molecule has 1 heterocycles. The van der Waals surface area contributed by atoms with Gasteiger partial charge in [0, 0.05) is 16.6 Å². The molecule has 34 heavy (non-hydrogen) atoms. The van der Waals surface area contributed by atoms with E-state index in [1.807, 2.05) is 37.3 Å². The lowest BCUT2D eigenvalue weighted by molar-refractivity contribution is -0.140. The number of carbonyl (C=O) groups is 2. The molecule has 1 amide bonds. The number of carbonyl (C=O) groups excluding carboxylic acids is 2. The number of benzene rings is 2. The van der Waals surface area contributed by atoms with E-state index in [0.29, 0.717) is 24.5 Å². The summed E-state index contributed by atoms with van der Waals surface area (Å²) in [7, 11) is 0. The maximum Gasteiger partial charge on any atom is 0.295 e. The first-order valence-corrected chi connectivity index (χ1v) is 12.7. The average Bonchev–Trinajstić information content (AvgIpc) is 3.10. The van der Waals surface area contributed by atoms with Crippen LogP contribution in [0.3, 0.4) is 0 Å². The maximum absolute atomic E-state index is 13.2.